The molecule has 3 nitrogen and oxygen atoms in total. The first-order valence-electron chi connectivity index (χ1n) is 5.27. The van der Waals surface area contributed by atoms with Crippen molar-refractivity contribution in [3.8, 4) is 0 Å². The van der Waals surface area contributed by atoms with Crippen LogP contribution in [0.25, 0.3) is 0 Å². The van der Waals surface area contributed by atoms with Crippen LogP contribution >= 0.6 is 11.6 Å². The fourth-order valence-electron chi connectivity index (χ4n) is 2.24. The van der Waals surface area contributed by atoms with Gasteiger partial charge in [0.1, 0.15) is 5.82 Å². The molecule has 1 aromatic rings. The molecule has 2 aliphatic heterocycles. The van der Waals surface area contributed by atoms with Gasteiger partial charge in [-0.15, -0.1) is 0 Å². The smallest absolute Gasteiger partial charge is 0.143 e. The third kappa shape index (κ3) is 1.53. The quantitative estimate of drug-likeness (QED) is 0.733. The van der Waals surface area contributed by atoms with Crippen molar-refractivity contribution in [3.05, 3.63) is 23.0 Å². The molecule has 0 radical (unpaired) electrons. The van der Waals surface area contributed by atoms with Crippen LogP contribution in [-0.2, 0) is 4.74 Å². The van der Waals surface area contributed by atoms with Crippen molar-refractivity contribution in [1.82, 2.24) is 0 Å². The molecule has 2 N–H and O–H groups in total. The monoisotopic (exact) mass is 242 g/mol. The predicted octanol–water partition coefficient (Wildman–Crippen LogP) is 2.48. The molecule has 3 rings (SSSR count). The maximum Gasteiger partial charge on any atom is 0.143 e. The molecule has 1 saturated heterocycles. The van der Waals surface area contributed by atoms with Crippen LogP contribution in [0, 0.1) is 5.82 Å². The van der Waals surface area contributed by atoms with Crippen molar-refractivity contribution in [2.45, 2.75) is 12.0 Å². The van der Waals surface area contributed by atoms with Gasteiger partial charge in [-0.2, -0.15) is 0 Å². The summed E-state index contributed by atoms with van der Waals surface area (Å²) in [6.07, 6.45) is 0.953. The Bertz CT molecular complexity index is 432. The molecule has 1 atom stereocenters. The van der Waals surface area contributed by atoms with E-state index >= 15 is 0 Å². The second kappa shape index (κ2) is 3.50. The highest BCUT2D eigenvalue weighted by Crippen LogP contribution is 2.36. The Morgan fingerprint density at radius 2 is 2.25 bits per heavy atom. The lowest BCUT2D eigenvalue weighted by Crippen LogP contribution is -2.48. The van der Waals surface area contributed by atoms with Gasteiger partial charge in [0.15, 0.2) is 0 Å². The molecular formula is C11H12ClFN2O. The molecule has 0 saturated carbocycles. The molecular weight excluding hydrogens is 231 g/mol. The maximum atomic E-state index is 13.3. The number of halogens is 2. The minimum atomic E-state index is -0.395. The summed E-state index contributed by atoms with van der Waals surface area (Å²) >= 11 is 5.77. The van der Waals surface area contributed by atoms with E-state index < -0.39 is 5.82 Å². The van der Waals surface area contributed by atoms with Crippen molar-refractivity contribution < 1.29 is 9.13 Å². The number of fused-ring (bicyclic) bond motifs is 1. The van der Waals surface area contributed by atoms with Crippen LogP contribution in [0.1, 0.15) is 6.42 Å². The summed E-state index contributed by atoms with van der Waals surface area (Å²) in [7, 11) is 0. The number of ether oxygens (including phenoxy) is 1. The number of benzene rings is 1. The summed E-state index contributed by atoms with van der Waals surface area (Å²) in [6, 6.07) is 3.05. The highest BCUT2D eigenvalue weighted by atomic mass is 35.5. The van der Waals surface area contributed by atoms with E-state index in [1.54, 1.807) is 6.07 Å². The fourth-order valence-corrected chi connectivity index (χ4v) is 2.40. The molecule has 1 unspecified atom stereocenters. The average molecular weight is 243 g/mol. The van der Waals surface area contributed by atoms with Gasteiger partial charge in [0, 0.05) is 19.2 Å². The van der Waals surface area contributed by atoms with Crippen molar-refractivity contribution in [3.63, 3.8) is 0 Å². The van der Waals surface area contributed by atoms with E-state index in [1.165, 1.54) is 6.07 Å². The van der Waals surface area contributed by atoms with Crippen LogP contribution in [0.5, 0.6) is 0 Å². The number of anilines is 2. The molecule has 86 valence electrons. The highest BCUT2D eigenvalue weighted by Gasteiger charge is 2.38. The van der Waals surface area contributed by atoms with E-state index in [1.807, 2.05) is 0 Å². The van der Waals surface area contributed by atoms with Gasteiger partial charge in [0.05, 0.1) is 28.5 Å². The zero-order chi connectivity index (χ0) is 11.2. The topological polar surface area (TPSA) is 33.3 Å². The largest absolute Gasteiger partial charge is 0.381 e. The van der Waals surface area contributed by atoms with E-state index in [9.17, 15) is 4.39 Å². The SMILES string of the molecule is Fc1cc2c(cc1Cl)NC1(CCOC1)CN2. The van der Waals surface area contributed by atoms with Crippen LogP contribution in [0.15, 0.2) is 12.1 Å². The van der Waals surface area contributed by atoms with E-state index in [0.29, 0.717) is 6.61 Å². The molecule has 16 heavy (non-hydrogen) atoms. The van der Waals surface area contributed by atoms with Gasteiger partial charge in [-0.05, 0) is 12.5 Å². The summed E-state index contributed by atoms with van der Waals surface area (Å²) in [5, 5.41) is 6.77. The van der Waals surface area contributed by atoms with E-state index in [0.717, 1.165) is 30.9 Å². The Labute approximate surface area is 97.9 Å². The molecule has 1 fully saturated rings. The summed E-state index contributed by atoms with van der Waals surface area (Å²) in [5.41, 5.74) is 1.55. The molecule has 2 aliphatic rings. The van der Waals surface area contributed by atoms with Crippen LogP contribution < -0.4 is 10.6 Å². The Kier molecular flexibility index (Phi) is 2.23. The zero-order valence-electron chi connectivity index (χ0n) is 8.65. The van der Waals surface area contributed by atoms with E-state index in [4.69, 9.17) is 16.3 Å². The van der Waals surface area contributed by atoms with Crippen molar-refractivity contribution in [2.24, 2.45) is 0 Å². The molecule has 0 bridgehead atoms. The van der Waals surface area contributed by atoms with Gasteiger partial charge in [-0.25, -0.2) is 4.39 Å². The van der Waals surface area contributed by atoms with Crippen molar-refractivity contribution in [2.75, 3.05) is 30.4 Å². The first-order chi connectivity index (χ1) is 7.69. The second-order valence-corrected chi connectivity index (χ2v) is 4.78. The lowest BCUT2D eigenvalue weighted by Gasteiger charge is -2.36. The maximum absolute atomic E-state index is 13.3. The van der Waals surface area contributed by atoms with E-state index in [-0.39, 0.29) is 10.6 Å². The summed E-state index contributed by atoms with van der Waals surface area (Å²) in [5.74, 6) is -0.395. The number of rotatable bonds is 0. The summed E-state index contributed by atoms with van der Waals surface area (Å²) < 4.78 is 18.6. The lowest BCUT2D eigenvalue weighted by atomic mass is 9.95. The summed E-state index contributed by atoms with van der Waals surface area (Å²) in [4.78, 5) is 0. The number of hydrogen-bond donors (Lipinski definition) is 2. The Morgan fingerprint density at radius 1 is 1.38 bits per heavy atom. The predicted molar refractivity (Wildman–Crippen MR) is 61.7 cm³/mol. The van der Waals surface area contributed by atoms with Crippen LogP contribution in [0.3, 0.4) is 0 Å². The number of nitrogens with one attached hydrogen (secondary N) is 2. The van der Waals surface area contributed by atoms with Crippen LogP contribution in [-0.4, -0.2) is 25.3 Å². The van der Waals surface area contributed by atoms with Gasteiger partial charge < -0.3 is 15.4 Å². The van der Waals surface area contributed by atoms with Crippen molar-refractivity contribution in [1.29, 1.82) is 0 Å². The van der Waals surface area contributed by atoms with Crippen LogP contribution in [0.2, 0.25) is 5.02 Å². The normalized spacial score (nSPS) is 27.4. The second-order valence-electron chi connectivity index (χ2n) is 4.37. The molecule has 0 amide bonds. The standard InChI is InChI=1S/C11H12ClFN2O/c12-7-3-10-9(4-8(7)13)14-5-11(15-10)1-2-16-6-11/h3-4,14-15H,1-2,5-6H2. The average Bonchev–Trinajstić information content (AvgIpc) is 2.69. The lowest BCUT2D eigenvalue weighted by molar-refractivity contribution is 0.184. The molecule has 5 heteroatoms. The van der Waals surface area contributed by atoms with Crippen LogP contribution in [0.4, 0.5) is 15.8 Å². The third-order valence-electron chi connectivity index (χ3n) is 3.18. The van der Waals surface area contributed by atoms with Gasteiger partial charge in [-0.1, -0.05) is 11.6 Å². The Balaban J connectivity index is 1.96. The highest BCUT2D eigenvalue weighted by molar-refractivity contribution is 6.31. The summed E-state index contributed by atoms with van der Waals surface area (Å²) in [6.45, 7) is 2.19. The number of hydrogen-bond acceptors (Lipinski definition) is 3. The third-order valence-corrected chi connectivity index (χ3v) is 3.47. The first-order valence-corrected chi connectivity index (χ1v) is 5.65. The Hall–Kier alpha value is -1.00. The van der Waals surface area contributed by atoms with Gasteiger partial charge in [0.2, 0.25) is 0 Å². The molecule has 0 aliphatic carbocycles. The molecule has 1 aromatic carbocycles. The van der Waals surface area contributed by atoms with Crippen molar-refractivity contribution >= 4 is 23.0 Å². The van der Waals surface area contributed by atoms with Gasteiger partial charge in [-0.3, -0.25) is 0 Å². The molecule has 2 heterocycles. The van der Waals surface area contributed by atoms with E-state index in [2.05, 4.69) is 10.6 Å². The fraction of sp³-hybridized carbons (Fsp3) is 0.455. The zero-order valence-corrected chi connectivity index (χ0v) is 9.40. The minimum absolute atomic E-state index is 0.0614. The Morgan fingerprint density at radius 3 is 3.00 bits per heavy atom. The minimum Gasteiger partial charge on any atom is -0.381 e. The first kappa shape index (κ1) is 10.2. The van der Waals surface area contributed by atoms with Gasteiger partial charge >= 0.3 is 0 Å². The molecule has 0 aromatic heterocycles. The molecule has 1 spiro atoms. The van der Waals surface area contributed by atoms with Gasteiger partial charge in [0.25, 0.3) is 0 Å².